The predicted molar refractivity (Wildman–Crippen MR) is 56.5 cm³/mol. The first-order chi connectivity index (χ1) is 7.24. The Hall–Kier alpha value is -1.68. The van der Waals surface area contributed by atoms with Crippen LogP contribution in [0.4, 0.5) is 4.39 Å². The van der Waals surface area contributed by atoms with Crippen LogP contribution in [-0.4, -0.2) is 9.55 Å². The second-order valence-corrected chi connectivity index (χ2v) is 3.33. The fourth-order valence-electron chi connectivity index (χ4n) is 1.57. The third-order valence-electron chi connectivity index (χ3n) is 2.38. The molecule has 0 radical (unpaired) electrons. The Balaban J connectivity index is 2.59. The van der Waals surface area contributed by atoms with Crippen molar-refractivity contribution in [1.82, 2.24) is 9.55 Å². The van der Waals surface area contributed by atoms with Gasteiger partial charge in [0.25, 0.3) is 0 Å². The second kappa shape index (κ2) is 3.82. The maximum atomic E-state index is 13.5. The van der Waals surface area contributed by atoms with Crippen LogP contribution in [0.5, 0.6) is 0 Å². The van der Waals surface area contributed by atoms with Gasteiger partial charge >= 0.3 is 0 Å². The lowest BCUT2D eigenvalue weighted by Gasteiger charge is -2.03. The van der Waals surface area contributed by atoms with Gasteiger partial charge in [0.2, 0.25) is 0 Å². The van der Waals surface area contributed by atoms with Gasteiger partial charge in [-0.1, -0.05) is 12.1 Å². The molecule has 4 heteroatoms. The highest BCUT2D eigenvalue weighted by atomic mass is 19.1. The topological polar surface area (TPSA) is 43.8 Å². The van der Waals surface area contributed by atoms with Gasteiger partial charge in [0, 0.05) is 19.2 Å². The van der Waals surface area contributed by atoms with Gasteiger partial charge in [-0.25, -0.2) is 9.37 Å². The molecule has 1 heterocycles. The monoisotopic (exact) mass is 205 g/mol. The third-order valence-corrected chi connectivity index (χ3v) is 2.38. The van der Waals surface area contributed by atoms with Gasteiger partial charge in [0.05, 0.1) is 17.7 Å². The van der Waals surface area contributed by atoms with Crippen molar-refractivity contribution in [2.75, 3.05) is 0 Å². The Bertz CT molecular complexity index is 476. The maximum Gasteiger partial charge on any atom is 0.132 e. The summed E-state index contributed by atoms with van der Waals surface area (Å²) in [5.41, 5.74) is 7.56. The van der Waals surface area contributed by atoms with E-state index in [-0.39, 0.29) is 5.82 Å². The molecule has 1 aromatic heterocycles. The highest BCUT2D eigenvalue weighted by molar-refractivity contribution is 5.62. The number of aromatic nitrogens is 2. The summed E-state index contributed by atoms with van der Waals surface area (Å²) >= 11 is 0. The molecule has 15 heavy (non-hydrogen) atoms. The minimum absolute atomic E-state index is 0.272. The van der Waals surface area contributed by atoms with Gasteiger partial charge in [-0.3, -0.25) is 0 Å². The number of halogens is 1. The van der Waals surface area contributed by atoms with Crippen molar-refractivity contribution in [1.29, 1.82) is 0 Å². The highest BCUT2D eigenvalue weighted by Gasteiger charge is 2.12. The van der Waals surface area contributed by atoms with Gasteiger partial charge in [-0.05, 0) is 12.1 Å². The molecule has 0 fully saturated rings. The molecule has 2 rings (SSSR count). The fraction of sp³-hybridized carbons (Fsp3) is 0.182. The Morgan fingerprint density at radius 1 is 1.40 bits per heavy atom. The average molecular weight is 205 g/mol. The number of hydrogen-bond donors (Lipinski definition) is 1. The molecular weight excluding hydrogens is 193 g/mol. The number of hydrogen-bond acceptors (Lipinski definition) is 2. The van der Waals surface area contributed by atoms with E-state index in [1.807, 2.05) is 11.6 Å². The molecule has 78 valence electrons. The molecule has 3 nitrogen and oxygen atoms in total. The number of nitrogens with two attached hydrogens (primary N) is 1. The summed E-state index contributed by atoms with van der Waals surface area (Å²) in [5.74, 6) is -0.272. The molecule has 0 saturated carbocycles. The van der Waals surface area contributed by atoms with Crippen molar-refractivity contribution < 1.29 is 4.39 Å². The predicted octanol–water partition coefficient (Wildman–Crippen LogP) is 1.68. The zero-order valence-electron chi connectivity index (χ0n) is 8.44. The first-order valence-electron chi connectivity index (χ1n) is 4.69. The largest absolute Gasteiger partial charge is 0.336 e. The van der Waals surface area contributed by atoms with Gasteiger partial charge in [-0.15, -0.1) is 0 Å². The highest BCUT2D eigenvalue weighted by Crippen LogP contribution is 2.23. The molecule has 1 aromatic carbocycles. The van der Waals surface area contributed by atoms with Gasteiger partial charge in [0.15, 0.2) is 0 Å². The van der Waals surface area contributed by atoms with Crippen molar-refractivity contribution in [3.63, 3.8) is 0 Å². The fourth-order valence-corrected chi connectivity index (χ4v) is 1.57. The number of aryl methyl sites for hydroxylation is 1. The van der Waals surface area contributed by atoms with E-state index < -0.39 is 0 Å². The van der Waals surface area contributed by atoms with Crippen molar-refractivity contribution >= 4 is 0 Å². The van der Waals surface area contributed by atoms with Gasteiger partial charge in [0.1, 0.15) is 5.82 Å². The lowest BCUT2D eigenvalue weighted by molar-refractivity contribution is 0.630. The van der Waals surface area contributed by atoms with E-state index in [0.717, 1.165) is 5.69 Å². The van der Waals surface area contributed by atoms with Crippen molar-refractivity contribution in [3.05, 3.63) is 42.1 Å². The quantitative estimate of drug-likeness (QED) is 0.810. The summed E-state index contributed by atoms with van der Waals surface area (Å²) in [6.07, 6.45) is 1.64. The lowest BCUT2D eigenvalue weighted by Crippen LogP contribution is -2.04. The molecule has 0 unspecified atom stereocenters. The van der Waals surface area contributed by atoms with Crippen LogP contribution in [0.25, 0.3) is 11.3 Å². The zero-order valence-corrected chi connectivity index (χ0v) is 8.44. The van der Waals surface area contributed by atoms with E-state index in [1.165, 1.54) is 6.07 Å². The van der Waals surface area contributed by atoms with E-state index in [2.05, 4.69) is 4.98 Å². The van der Waals surface area contributed by atoms with Gasteiger partial charge < -0.3 is 10.3 Å². The molecule has 0 aliphatic carbocycles. The molecule has 2 N–H and O–H groups in total. The Morgan fingerprint density at radius 3 is 2.80 bits per heavy atom. The van der Waals surface area contributed by atoms with E-state index >= 15 is 0 Å². The smallest absolute Gasteiger partial charge is 0.132 e. The number of benzene rings is 1. The van der Waals surface area contributed by atoms with E-state index in [0.29, 0.717) is 17.8 Å². The number of rotatable bonds is 2. The average Bonchev–Trinajstić information content (AvgIpc) is 2.60. The van der Waals surface area contributed by atoms with E-state index in [9.17, 15) is 4.39 Å². The molecule has 0 aliphatic rings. The number of nitrogens with zero attached hydrogens (tertiary/aromatic N) is 2. The summed E-state index contributed by atoms with van der Waals surface area (Å²) in [5, 5.41) is 0. The standard InChI is InChI=1S/C11H12FN3/c1-15-7-14-11(10(15)6-13)8-4-2-3-5-9(8)12/h2-5,7H,6,13H2,1H3. The lowest BCUT2D eigenvalue weighted by atomic mass is 10.1. The van der Waals surface area contributed by atoms with E-state index in [4.69, 9.17) is 5.73 Å². The molecule has 0 bridgehead atoms. The summed E-state index contributed by atoms with van der Waals surface area (Å²) in [7, 11) is 1.85. The summed E-state index contributed by atoms with van der Waals surface area (Å²) in [6, 6.07) is 6.57. The van der Waals surface area contributed by atoms with Crippen LogP contribution in [-0.2, 0) is 13.6 Å². The van der Waals surface area contributed by atoms with Crippen LogP contribution in [0.15, 0.2) is 30.6 Å². The molecule has 0 spiro atoms. The summed E-state index contributed by atoms with van der Waals surface area (Å²) in [6.45, 7) is 0.347. The third kappa shape index (κ3) is 1.64. The van der Waals surface area contributed by atoms with Crippen molar-refractivity contribution in [2.24, 2.45) is 12.8 Å². The van der Waals surface area contributed by atoms with E-state index in [1.54, 1.807) is 24.5 Å². The minimum atomic E-state index is -0.272. The molecule has 0 aliphatic heterocycles. The first-order valence-corrected chi connectivity index (χ1v) is 4.69. The number of imidazole rings is 1. The van der Waals surface area contributed by atoms with Crippen LogP contribution in [0.1, 0.15) is 5.69 Å². The zero-order chi connectivity index (χ0) is 10.8. The Morgan fingerprint density at radius 2 is 2.13 bits per heavy atom. The molecule has 2 aromatic rings. The molecular formula is C11H12FN3. The molecule has 0 atom stereocenters. The van der Waals surface area contributed by atoms with Gasteiger partial charge in [-0.2, -0.15) is 0 Å². The van der Waals surface area contributed by atoms with Crippen molar-refractivity contribution in [3.8, 4) is 11.3 Å². The summed E-state index contributed by atoms with van der Waals surface area (Å²) in [4.78, 5) is 4.16. The van der Waals surface area contributed by atoms with Crippen LogP contribution in [0.3, 0.4) is 0 Å². The van der Waals surface area contributed by atoms with Crippen LogP contribution < -0.4 is 5.73 Å². The normalized spacial score (nSPS) is 10.6. The molecule has 0 saturated heterocycles. The van der Waals surface area contributed by atoms with Crippen LogP contribution >= 0.6 is 0 Å². The second-order valence-electron chi connectivity index (χ2n) is 3.33. The minimum Gasteiger partial charge on any atom is -0.336 e. The summed E-state index contributed by atoms with van der Waals surface area (Å²) < 4.78 is 15.3. The van der Waals surface area contributed by atoms with Crippen molar-refractivity contribution in [2.45, 2.75) is 6.54 Å². The Kier molecular flexibility index (Phi) is 2.51. The Labute approximate surface area is 87.4 Å². The molecule has 0 amide bonds. The first kappa shape index (κ1) is 9.86. The van der Waals surface area contributed by atoms with Crippen LogP contribution in [0, 0.1) is 5.82 Å². The van der Waals surface area contributed by atoms with Crippen LogP contribution in [0.2, 0.25) is 0 Å². The SMILES string of the molecule is Cn1cnc(-c2ccccc2F)c1CN. The maximum absolute atomic E-state index is 13.5.